The highest BCUT2D eigenvalue weighted by Gasteiger charge is 2.11. The first-order chi connectivity index (χ1) is 8.72. The SMILES string of the molecule is C=CCOC(=O)C(=C)Cc1c[nH]c2ccccc12. The van der Waals surface area contributed by atoms with Gasteiger partial charge >= 0.3 is 5.97 Å². The number of benzene rings is 1. The Bertz CT molecular complexity index is 595. The molecule has 0 spiro atoms. The molecule has 0 aliphatic carbocycles. The molecule has 0 saturated heterocycles. The predicted octanol–water partition coefficient (Wildman–Crippen LogP) is 3.00. The van der Waals surface area contributed by atoms with Crippen LogP contribution in [0.1, 0.15) is 5.56 Å². The van der Waals surface area contributed by atoms with Gasteiger partial charge in [-0.15, -0.1) is 0 Å². The van der Waals surface area contributed by atoms with Gasteiger partial charge in [0.15, 0.2) is 0 Å². The van der Waals surface area contributed by atoms with Crippen molar-refractivity contribution in [1.29, 1.82) is 0 Å². The summed E-state index contributed by atoms with van der Waals surface area (Å²) in [4.78, 5) is 14.8. The third-order valence-electron chi connectivity index (χ3n) is 2.70. The lowest BCUT2D eigenvalue weighted by Gasteiger charge is -2.04. The van der Waals surface area contributed by atoms with E-state index in [-0.39, 0.29) is 12.6 Å². The molecule has 0 atom stereocenters. The molecule has 0 unspecified atom stereocenters. The number of para-hydroxylation sites is 1. The number of nitrogens with one attached hydrogen (secondary N) is 1. The van der Waals surface area contributed by atoms with E-state index >= 15 is 0 Å². The minimum atomic E-state index is -0.375. The average molecular weight is 241 g/mol. The van der Waals surface area contributed by atoms with Crippen molar-refractivity contribution in [2.24, 2.45) is 0 Å². The number of ether oxygens (including phenoxy) is 1. The van der Waals surface area contributed by atoms with Gasteiger partial charge < -0.3 is 9.72 Å². The van der Waals surface area contributed by atoms with Gasteiger partial charge in [0.05, 0.1) is 0 Å². The van der Waals surface area contributed by atoms with Gasteiger partial charge in [0.1, 0.15) is 6.61 Å². The summed E-state index contributed by atoms with van der Waals surface area (Å²) in [6.45, 7) is 7.48. The molecule has 2 aromatic rings. The Morgan fingerprint density at radius 1 is 1.39 bits per heavy atom. The van der Waals surface area contributed by atoms with Crippen molar-refractivity contribution in [2.75, 3.05) is 6.61 Å². The Morgan fingerprint density at radius 2 is 2.17 bits per heavy atom. The monoisotopic (exact) mass is 241 g/mol. The fraction of sp³-hybridized carbons (Fsp3) is 0.133. The summed E-state index contributed by atoms with van der Waals surface area (Å²) in [5.74, 6) is -0.375. The van der Waals surface area contributed by atoms with Crippen LogP contribution in [0.5, 0.6) is 0 Å². The zero-order chi connectivity index (χ0) is 13.0. The number of carbonyl (C=O) groups excluding carboxylic acids is 1. The van der Waals surface area contributed by atoms with Crippen LogP contribution >= 0.6 is 0 Å². The highest BCUT2D eigenvalue weighted by Crippen LogP contribution is 2.20. The minimum absolute atomic E-state index is 0.214. The van der Waals surface area contributed by atoms with E-state index in [0.717, 1.165) is 16.5 Å². The van der Waals surface area contributed by atoms with Crippen molar-refractivity contribution in [3.63, 3.8) is 0 Å². The Labute approximate surface area is 106 Å². The van der Waals surface area contributed by atoms with Crippen molar-refractivity contribution >= 4 is 16.9 Å². The van der Waals surface area contributed by atoms with Crippen LogP contribution in [0.25, 0.3) is 10.9 Å². The molecule has 0 bridgehead atoms. The molecule has 3 heteroatoms. The molecule has 0 aliphatic rings. The molecule has 92 valence electrons. The van der Waals surface area contributed by atoms with Crippen molar-refractivity contribution < 1.29 is 9.53 Å². The second kappa shape index (κ2) is 5.36. The van der Waals surface area contributed by atoms with E-state index in [0.29, 0.717) is 12.0 Å². The Hall–Kier alpha value is -2.29. The summed E-state index contributed by atoms with van der Waals surface area (Å²) in [5, 5.41) is 1.11. The molecule has 1 aromatic heterocycles. The van der Waals surface area contributed by atoms with Crippen LogP contribution in [0.3, 0.4) is 0 Å². The zero-order valence-corrected chi connectivity index (χ0v) is 10.1. The summed E-state index contributed by atoms with van der Waals surface area (Å²) in [6.07, 6.45) is 3.92. The maximum absolute atomic E-state index is 11.6. The molecule has 0 fully saturated rings. The molecule has 1 heterocycles. The van der Waals surface area contributed by atoms with Gasteiger partial charge in [-0.05, 0) is 11.6 Å². The molecule has 3 nitrogen and oxygen atoms in total. The van der Waals surface area contributed by atoms with Crippen molar-refractivity contribution in [1.82, 2.24) is 4.98 Å². The number of rotatable bonds is 5. The Morgan fingerprint density at radius 3 is 2.94 bits per heavy atom. The summed E-state index contributed by atoms with van der Waals surface area (Å²) < 4.78 is 4.95. The van der Waals surface area contributed by atoms with E-state index in [2.05, 4.69) is 18.1 Å². The highest BCUT2D eigenvalue weighted by atomic mass is 16.5. The van der Waals surface area contributed by atoms with Gasteiger partial charge in [-0.3, -0.25) is 0 Å². The molecule has 18 heavy (non-hydrogen) atoms. The van der Waals surface area contributed by atoms with Crippen LogP contribution in [-0.4, -0.2) is 17.6 Å². The number of hydrogen-bond acceptors (Lipinski definition) is 2. The predicted molar refractivity (Wildman–Crippen MR) is 72.3 cm³/mol. The smallest absolute Gasteiger partial charge is 0.334 e. The summed E-state index contributed by atoms with van der Waals surface area (Å²) >= 11 is 0. The van der Waals surface area contributed by atoms with Crippen molar-refractivity contribution in [2.45, 2.75) is 6.42 Å². The molecule has 0 radical (unpaired) electrons. The van der Waals surface area contributed by atoms with Crippen LogP contribution < -0.4 is 0 Å². The van der Waals surface area contributed by atoms with Gasteiger partial charge in [-0.2, -0.15) is 0 Å². The average Bonchev–Trinajstić information content (AvgIpc) is 2.79. The maximum atomic E-state index is 11.6. The Balaban J connectivity index is 2.11. The first-order valence-electron chi connectivity index (χ1n) is 5.73. The Kier molecular flexibility index (Phi) is 3.63. The molecule has 0 aliphatic heterocycles. The number of H-pyrrole nitrogens is 1. The lowest BCUT2D eigenvalue weighted by molar-refractivity contribution is -0.137. The fourth-order valence-corrected chi connectivity index (χ4v) is 1.82. The van der Waals surface area contributed by atoms with E-state index in [4.69, 9.17) is 4.74 Å². The second-order valence-electron chi connectivity index (χ2n) is 4.03. The largest absolute Gasteiger partial charge is 0.458 e. The summed E-state index contributed by atoms with van der Waals surface area (Å²) in [7, 11) is 0. The zero-order valence-electron chi connectivity index (χ0n) is 10.1. The van der Waals surface area contributed by atoms with Gasteiger partial charge in [-0.25, -0.2) is 4.79 Å². The third-order valence-corrected chi connectivity index (χ3v) is 2.70. The van der Waals surface area contributed by atoms with Crippen LogP contribution in [0.4, 0.5) is 0 Å². The first kappa shape index (κ1) is 12.2. The van der Waals surface area contributed by atoms with Gasteiger partial charge in [0.25, 0.3) is 0 Å². The minimum Gasteiger partial charge on any atom is -0.458 e. The highest BCUT2D eigenvalue weighted by molar-refractivity contribution is 5.90. The van der Waals surface area contributed by atoms with Crippen molar-refractivity contribution in [3.8, 4) is 0 Å². The lowest BCUT2D eigenvalue weighted by Crippen LogP contribution is -2.08. The number of carbonyl (C=O) groups is 1. The van der Waals surface area contributed by atoms with Gasteiger partial charge in [-0.1, -0.05) is 37.4 Å². The number of esters is 1. The number of fused-ring (bicyclic) bond motifs is 1. The van der Waals surface area contributed by atoms with E-state index in [1.54, 1.807) is 0 Å². The summed E-state index contributed by atoms with van der Waals surface area (Å²) in [6, 6.07) is 7.95. The van der Waals surface area contributed by atoms with Crippen LogP contribution in [0.15, 0.2) is 55.3 Å². The molecule has 1 aromatic carbocycles. The topological polar surface area (TPSA) is 42.1 Å². The molecular formula is C15H15NO2. The lowest BCUT2D eigenvalue weighted by atomic mass is 10.1. The standard InChI is InChI=1S/C15H15NO2/c1-3-8-18-15(17)11(2)9-12-10-16-14-7-5-4-6-13(12)14/h3-7,10,16H,1-2,8-9H2. The number of aromatic amines is 1. The fourth-order valence-electron chi connectivity index (χ4n) is 1.82. The van der Waals surface area contributed by atoms with Gasteiger partial charge in [0.2, 0.25) is 0 Å². The summed E-state index contributed by atoms with van der Waals surface area (Å²) in [5.41, 5.74) is 2.55. The number of aromatic nitrogens is 1. The second-order valence-corrected chi connectivity index (χ2v) is 4.03. The van der Waals surface area contributed by atoms with Crippen LogP contribution in [0, 0.1) is 0 Å². The van der Waals surface area contributed by atoms with E-state index in [9.17, 15) is 4.79 Å². The molecular weight excluding hydrogens is 226 g/mol. The van der Waals surface area contributed by atoms with E-state index in [1.165, 1.54) is 6.08 Å². The van der Waals surface area contributed by atoms with Crippen LogP contribution in [0.2, 0.25) is 0 Å². The molecule has 1 N–H and O–H groups in total. The van der Waals surface area contributed by atoms with E-state index in [1.807, 2.05) is 30.5 Å². The molecule has 0 amide bonds. The maximum Gasteiger partial charge on any atom is 0.334 e. The molecule has 2 rings (SSSR count). The number of hydrogen-bond donors (Lipinski definition) is 1. The third kappa shape index (κ3) is 2.51. The molecule has 0 saturated carbocycles. The van der Waals surface area contributed by atoms with Crippen LogP contribution in [-0.2, 0) is 16.0 Å². The normalized spacial score (nSPS) is 10.2. The van der Waals surface area contributed by atoms with E-state index < -0.39 is 0 Å². The first-order valence-corrected chi connectivity index (χ1v) is 5.73. The quantitative estimate of drug-likeness (QED) is 0.496. The van der Waals surface area contributed by atoms with Gasteiger partial charge in [0, 0.05) is 29.1 Å². The van der Waals surface area contributed by atoms with Crippen molar-refractivity contribution in [3.05, 3.63) is 60.8 Å².